The van der Waals surface area contributed by atoms with E-state index in [2.05, 4.69) is 15.2 Å². The predicted octanol–water partition coefficient (Wildman–Crippen LogP) is 4.28. The molecule has 0 aliphatic carbocycles. The summed E-state index contributed by atoms with van der Waals surface area (Å²) in [7, 11) is 0. The Morgan fingerprint density at radius 2 is 1.65 bits per heavy atom. The molecule has 0 saturated carbocycles. The van der Waals surface area contributed by atoms with Crippen LogP contribution in [0.4, 0.5) is 4.39 Å². The Kier molecular flexibility index (Phi) is 3.28. The molecule has 0 spiro atoms. The first-order chi connectivity index (χ1) is 11.2. The van der Waals surface area contributed by atoms with E-state index in [1.54, 1.807) is 42.7 Å². The Balaban J connectivity index is 2.06. The van der Waals surface area contributed by atoms with Gasteiger partial charge >= 0.3 is 0 Å². The molecule has 6 heteroatoms. The molecule has 0 bridgehead atoms. The van der Waals surface area contributed by atoms with Crippen LogP contribution in [0.5, 0.6) is 0 Å². The van der Waals surface area contributed by atoms with E-state index in [4.69, 9.17) is 11.6 Å². The zero-order chi connectivity index (χ0) is 15.8. The van der Waals surface area contributed by atoms with Gasteiger partial charge in [0.2, 0.25) is 0 Å². The third-order valence-corrected chi connectivity index (χ3v) is 3.82. The number of hydrogen-bond acceptors (Lipinski definition) is 3. The molecule has 0 radical (unpaired) electrons. The first-order valence-corrected chi connectivity index (χ1v) is 7.32. The second-order valence-electron chi connectivity index (χ2n) is 4.99. The normalized spacial score (nSPS) is 11.0. The number of fused-ring (bicyclic) bond motifs is 1. The van der Waals surface area contributed by atoms with Crippen LogP contribution >= 0.6 is 11.6 Å². The van der Waals surface area contributed by atoms with Gasteiger partial charge in [0.25, 0.3) is 0 Å². The van der Waals surface area contributed by atoms with Crippen molar-refractivity contribution < 1.29 is 4.39 Å². The number of aromatic nitrogens is 4. The molecule has 4 aromatic rings. The first kappa shape index (κ1) is 13.8. The zero-order valence-electron chi connectivity index (χ0n) is 11.8. The SMILES string of the molecule is Fc1ccccc1-c1nc2cnncc2n1-c1ccc(Cl)cc1. The van der Waals surface area contributed by atoms with E-state index in [0.717, 1.165) is 11.2 Å². The van der Waals surface area contributed by atoms with Crippen molar-refractivity contribution in [2.75, 3.05) is 0 Å². The molecule has 0 fully saturated rings. The minimum Gasteiger partial charge on any atom is -0.291 e. The van der Waals surface area contributed by atoms with Crippen LogP contribution in [-0.4, -0.2) is 19.7 Å². The molecule has 4 nitrogen and oxygen atoms in total. The summed E-state index contributed by atoms with van der Waals surface area (Å²) in [6.45, 7) is 0. The van der Waals surface area contributed by atoms with Crippen LogP contribution in [0.15, 0.2) is 60.9 Å². The van der Waals surface area contributed by atoms with Gasteiger partial charge in [-0.05, 0) is 36.4 Å². The molecule has 0 saturated heterocycles. The van der Waals surface area contributed by atoms with E-state index in [1.165, 1.54) is 6.07 Å². The lowest BCUT2D eigenvalue weighted by Crippen LogP contribution is -1.99. The fourth-order valence-corrected chi connectivity index (χ4v) is 2.65. The molecular weight excluding hydrogens is 315 g/mol. The Hall–Kier alpha value is -2.79. The van der Waals surface area contributed by atoms with Gasteiger partial charge < -0.3 is 0 Å². The summed E-state index contributed by atoms with van der Waals surface area (Å²) >= 11 is 5.97. The summed E-state index contributed by atoms with van der Waals surface area (Å²) in [6.07, 6.45) is 3.17. The summed E-state index contributed by atoms with van der Waals surface area (Å²) in [5.41, 5.74) is 2.63. The highest BCUT2D eigenvalue weighted by molar-refractivity contribution is 6.30. The average molecular weight is 325 g/mol. The van der Waals surface area contributed by atoms with Gasteiger partial charge in [-0.25, -0.2) is 9.37 Å². The van der Waals surface area contributed by atoms with Gasteiger partial charge in [0.1, 0.15) is 17.2 Å². The van der Waals surface area contributed by atoms with Gasteiger partial charge in [-0.3, -0.25) is 4.57 Å². The van der Waals surface area contributed by atoms with Crippen LogP contribution in [0, 0.1) is 5.82 Å². The Morgan fingerprint density at radius 3 is 2.43 bits per heavy atom. The molecule has 0 amide bonds. The quantitative estimate of drug-likeness (QED) is 0.553. The van der Waals surface area contributed by atoms with Crippen LogP contribution in [0.2, 0.25) is 5.02 Å². The van der Waals surface area contributed by atoms with Crippen molar-refractivity contribution in [2.45, 2.75) is 0 Å². The zero-order valence-corrected chi connectivity index (χ0v) is 12.6. The highest BCUT2D eigenvalue weighted by Gasteiger charge is 2.17. The molecule has 0 N–H and O–H groups in total. The van der Waals surface area contributed by atoms with E-state index in [9.17, 15) is 4.39 Å². The molecule has 112 valence electrons. The Morgan fingerprint density at radius 1 is 0.913 bits per heavy atom. The number of nitrogens with zero attached hydrogens (tertiary/aromatic N) is 4. The molecule has 2 aromatic carbocycles. The third kappa shape index (κ3) is 2.35. The van der Waals surface area contributed by atoms with Crippen molar-refractivity contribution in [2.24, 2.45) is 0 Å². The summed E-state index contributed by atoms with van der Waals surface area (Å²) in [5.74, 6) is 0.161. The van der Waals surface area contributed by atoms with Crippen molar-refractivity contribution in [3.63, 3.8) is 0 Å². The van der Waals surface area contributed by atoms with Crippen molar-refractivity contribution in [1.82, 2.24) is 19.7 Å². The van der Waals surface area contributed by atoms with Crippen LogP contribution < -0.4 is 0 Å². The van der Waals surface area contributed by atoms with E-state index in [0.29, 0.717) is 21.9 Å². The van der Waals surface area contributed by atoms with E-state index >= 15 is 0 Å². The molecule has 2 heterocycles. The minimum atomic E-state index is -0.334. The van der Waals surface area contributed by atoms with Gasteiger partial charge in [0, 0.05) is 10.7 Å². The monoisotopic (exact) mass is 324 g/mol. The fourth-order valence-electron chi connectivity index (χ4n) is 2.52. The van der Waals surface area contributed by atoms with Crippen molar-refractivity contribution in [3.05, 3.63) is 71.8 Å². The number of hydrogen-bond donors (Lipinski definition) is 0. The maximum Gasteiger partial charge on any atom is 0.148 e. The van der Waals surface area contributed by atoms with Crippen LogP contribution in [0.1, 0.15) is 0 Å². The smallest absolute Gasteiger partial charge is 0.148 e. The molecule has 0 aliphatic heterocycles. The van der Waals surface area contributed by atoms with Crippen molar-refractivity contribution >= 4 is 22.6 Å². The fraction of sp³-hybridized carbons (Fsp3) is 0. The predicted molar refractivity (Wildman–Crippen MR) is 87.1 cm³/mol. The van der Waals surface area contributed by atoms with Gasteiger partial charge in [0.05, 0.1) is 23.5 Å². The highest BCUT2D eigenvalue weighted by atomic mass is 35.5. The number of rotatable bonds is 2. The van der Waals surface area contributed by atoms with Crippen molar-refractivity contribution in [3.8, 4) is 17.1 Å². The maximum atomic E-state index is 14.3. The number of benzene rings is 2. The third-order valence-electron chi connectivity index (χ3n) is 3.57. The lowest BCUT2D eigenvalue weighted by atomic mass is 10.2. The largest absolute Gasteiger partial charge is 0.291 e. The molecule has 0 unspecified atom stereocenters. The summed E-state index contributed by atoms with van der Waals surface area (Å²) < 4.78 is 16.1. The molecule has 0 atom stereocenters. The van der Waals surface area contributed by atoms with E-state index < -0.39 is 0 Å². The molecule has 4 rings (SSSR count). The molecule has 23 heavy (non-hydrogen) atoms. The number of halogens is 2. The van der Waals surface area contributed by atoms with Gasteiger partial charge in [0.15, 0.2) is 0 Å². The summed E-state index contributed by atoms with van der Waals surface area (Å²) in [4.78, 5) is 4.53. The Labute approximate surface area is 136 Å². The van der Waals surface area contributed by atoms with E-state index in [-0.39, 0.29) is 5.82 Å². The maximum absolute atomic E-state index is 14.3. The topological polar surface area (TPSA) is 43.6 Å². The van der Waals surface area contributed by atoms with Crippen LogP contribution in [0.3, 0.4) is 0 Å². The Bertz CT molecular complexity index is 995. The van der Waals surface area contributed by atoms with Gasteiger partial charge in [-0.2, -0.15) is 10.2 Å². The first-order valence-electron chi connectivity index (χ1n) is 6.94. The second kappa shape index (κ2) is 5.44. The molecular formula is C17H10ClFN4. The second-order valence-corrected chi connectivity index (χ2v) is 5.42. The average Bonchev–Trinajstić information content (AvgIpc) is 2.95. The lowest BCUT2D eigenvalue weighted by molar-refractivity contribution is 0.629. The molecule has 2 aromatic heterocycles. The molecule has 0 aliphatic rings. The van der Waals surface area contributed by atoms with Crippen molar-refractivity contribution in [1.29, 1.82) is 0 Å². The number of imidazole rings is 1. The minimum absolute atomic E-state index is 0.334. The summed E-state index contributed by atoms with van der Waals surface area (Å²) in [5, 5.41) is 8.40. The highest BCUT2D eigenvalue weighted by Crippen LogP contribution is 2.29. The lowest BCUT2D eigenvalue weighted by Gasteiger charge is -2.10. The van der Waals surface area contributed by atoms with E-state index in [1.807, 2.05) is 16.7 Å². The van der Waals surface area contributed by atoms with Gasteiger partial charge in [-0.1, -0.05) is 23.7 Å². The van der Waals surface area contributed by atoms with Crippen LogP contribution in [-0.2, 0) is 0 Å². The summed E-state index contributed by atoms with van der Waals surface area (Å²) in [6, 6.07) is 13.8. The van der Waals surface area contributed by atoms with Crippen LogP contribution in [0.25, 0.3) is 28.1 Å². The van der Waals surface area contributed by atoms with Gasteiger partial charge in [-0.15, -0.1) is 0 Å². The standard InChI is InChI=1S/C17H10ClFN4/c18-11-5-7-12(8-6-11)23-16-10-21-20-9-15(16)22-17(23)13-3-1-2-4-14(13)19/h1-10H.